The van der Waals surface area contributed by atoms with E-state index in [1.54, 1.807) is 0 Å². The molecule has 0 heterocycles. The second-order valence-electron chi connectivity index (χ2n) is 3.29. The zero-order valence-corrected chi connectivity index (χ0v) is 8.69. The van der Waals surface area contributed by atoms with Crippen LogP contribution in [0.2, 0.25) is 0 Å². The molecule has 0 aliphatic carbocycles. The molecule has 0 aromatic heterocycles. The van der Waals surface area contributed by atoms with Crippen LogP contribution in [0.15, 0.2) is 23.3 Å². The molecule has 0 radical (unpaired) electrons. The minimum Gasteiger partial charge on any atom is -0.390 e. The first-order valence-corrected chi connectivity index (χ1v) is 4.72. The number of carbonyl (C=O) groups is 1. The van der Waals surface area contributed by atoms with Gasteiger partial charge in [-0.15, -0.1) is 0 Å². The third-order valence-corrected chi connectivity index (χ3v) is 2.20. The normalized spacial score (nSPS) is 13.6. The van der Waals surface area contributed by atoms with Gasteiger partial charge in [0.15, 0.2) is 6.29 Å². The maximum atomic E-state index is 13.6. The quantitative estimate of drug-likeness (QED) is 0.350. The number of aldehydes is 1. The summed E-state index contributed by atoms with van der Waals surface area (Å²) in [5.74, 6) is -0.894. The van der Waals surface area contributed by atoms with Crippen LogP contribution in [-0.2, 0) is 0 Å². The zero-order chi connectivity index (χ0) is 12.8. The number of aliphatic hydroxyl groups excluding tert-OH is 2. The van der Waals surface area contributed by atoms with Crippen molar-refractivity contribution < 1.29 is 19.4 Å². The summed E-state index contributed by atoms with van der Waals surface area (Å²) < 4.78 is 13.6. The average molecular weight is 239 g/mol. The molecule has 0 saturated heterocycles. The lowest BCUT2D eigenvalue weighted by Gasteiger charge is -2.17. The summed E-state index contributed by atoms with van der Waals surface area (Å²) in [6, 6.07) is 3.87. The van der Waals surface area contributed by atoms with Crippen LogP contribution >= 0.6 is 0 Å². The van der Waals surface area contributed by atoms with Gasteiger partial charge in [0, 0.05) is 10.5 Å². The number of aliphatic hydroxyl groups is 2. The van der Waals surface area contributed by atoms with Gasteiger partial charge in [-0.1, -0.05) is 17.2 Å². The smallest absolute Gasteiger partial charge is 0.153 e. The lowest BCUT2D eigenvalue weighted by molar-refractivity contribution is 0.0222. The molecule has 2 N–H and O–H groups in total. The summed E-state index contributed by atoms with van der Waals surface area (Å²) in [6.07, 6.45) is -2.67. The van der Waals surface area contributed by atoms with Gasteiger partial charge in [0.2, 0.25) is 0 Å². The predicted molar refractivity (Wildman–Crippen MR) is 56.8 cm³/mol. The summed E-state index contributed by atoms with van der Waals surface area (Å²) in [5.41, 5.74) is 7.63. The van der Waals surface area contributed by atoms with E-state index in [1.165, 1.54) is 18.2 Å². The SMILES string of the molecule is [N-]=[N+]=NCC(O)C(O)c1cccc(C=O)c1F. The van der Waals surface area contributed by atoms with Crippen molar-refractivity contribution in [2.24, 2.45) is 5.11 Å². The molecule has 0 aliphatic heterocycles. The molecule has 0 amide bonds. The maximum absolute atomic E-state index is 13.6. The van der Waals surface area contributed by atoms with Crippen LogP contribution < -0.4 is 0 Å². The molecule has 90 valence electrons. The number of halogens is 1. The fourth-order valence-corrected chi connectivity index (χ4v) is 1.32. The summed E-state index contributed by atoms with van der Waals surface area (Å²) in [7, 11) is 0. The van der Waals surface area contributed by atoms with Crippen LogP contribution in [0.1, 0.15) is 22.0 Å². The Labute approximate surface area is 95.9 Å². The predicted octanol–water partition coefficient (Wildman–Crippen LogP) is 1.34. The monoisotopic (exact) mass is 239 g/mol. The van der Waals surface area contributed by atoms with Crippen LogP contribution in [-0.4, -0.2) is 29.1 Å². The van der Waals surface area contributed by atoms with Gasteiger partial charge in [0.1, 0.15) is 11.9 Å². The van der Waals surface area contributed by atoms with E-state index in [9.17, 15) is 19.4 Å². The molecular formula is C10H10FN3O3. The standard InChI is InChI=1S/C10H10FN3O3/c11-9-6(5-15)2-1-3-7(9)10(17)8(16)4-13-14-12/h1-3,5,8,10,16-17H,4H2. The van der Waals surface area contributed by atoms with Crippen molar-refractivity contribution in [2.45, 2.75) is 12.2 Å². The lowest BCUT2D eigenvalue weighted by Crippen LogP contribution is -2.22. The van der Waals surface area contributed by atoms with Crippen LogP contribution in [0, 0.1) is 5.82 Å². The number of hydrogen-bond acceptors (Lipinski definition) is 4. The van der Waals surface area contributed by atoms with E-state index >= 15 is 0 Å². The number of benzene rings is 1. The van der Waals surface area contributed by atoms with E-state index in [-0.39, 0.29) is 17.7 Å². The Morgan fingerprint density at radius 3 is 2.82 bits per heavy atom. The summed E-state index contributed by atoms with van der Waals surface area (Å²) >= 11 is 0. The first-order chi connectivity index (χ1) is 8.11. The highest BCUT2D eigenvalue weighted by atomic mass is 19.1. The number of azide groups is 1. The number of nitrogens with zero attached hydrogens (tertiary/aromatic N) is 3. The van der Waals surface area contributed by atoms with Crippen molar-refractivity contribution in [3.63, 3.8) is 0 Å². The van der Waals surface area contributed by atoms with Gasteiger partial charge in [0.25, 0.3) is 0 Å². The Kier molecular flexibility index (Phi) is 4.59. The van der Waals surface area contributed by atoms with Crippen LogP contribution in [0.25, 0.3) is 10.4 Å². The summed E-state index contributed by atoms with van der Waals surface area (Å²) in [5, 5.41) is 22.1. The van der Waals surface area contributed by atoms with Crippen LogP contribution in [0.3, 0.4) is 0 Å². The van der Waals surface area contributed by atoms with Gasteiger partial charge in [-0.3, -0.25) is 4.79 Å². The molecule has 7 heteroatoms. The average Bonchev–Trinajstić information content (AvgIpc) is 2.35. The molecule has 0 fully saturated rings. The van der Waals surface area contributed by atoms with Crippen LogP contribution in [0.5, 0.6) is 0 Å². The third-order valence-electron chi connectivity index (χ3n) is 2.20. The minimum absolute atomic E-state index is 0.211. The Morgan fingerprint density at radius 1 is 1.53 bits per heavy atom. The highest BCUT2D eigenvalue weighted by Crippen LogP contribution is 2.22. The molecular weight excluding hydrogens is 229 g/mol. The first kappa shape index (κ1) is 13.1. The van der Waals surface area contributed by atoms with E-state index in [4.69, 9.17) is 5.53 Å². The molecule has 0 saturated carbocycles. The number of carbonyl (C=O) groups excluding carboxylic acids is 1. The number of rotatable bonds is 5. The molecule has 17 heavy (non-hydrogen) atoms. The molecule has 1 aromatic rings. The third kappa shape index (κ3) is 3.01. The maximum Gasteiger partial charge on any atom is 0.153 e. The van der Waals surface area contributed by atoms with E-state index in [0.29, 0.717) is 6.29 Å². The van der Waals surface area contributed by atoms with Crippen LogP contribution in [0.4, 0.5) is 4.39 Å². The van der Waals surface area contributed by atoms with E-state index in [0.717, 1.165) is 0 Å². The van der Waals surface area contributed by atoms with Crippen molar-refractivity contribution in [3.8, 4) is 0 Å². The molecule has 1 aromatic carbocycles. The molecule has 6 nitrogen and oxygen atoms in total. The van der Waals surface area contributed by atoms with Gasteiger partial charge in [0.05, 0.1) is 18.2 Å². The minimum atomic E-state index is -1.56. The fourth-order valence-electron chi connectivity index (χ4n) is 1.32. The van der Waals surface area contributed by atoms with E-state index < -0.39 is 18.0 Å². The van der Waals surface area contributed by atoms with Gasteiger partial charge in [-0.25, -0.2) is 4.39 Å². The van der Waals surface area contributed by atoms with E-state index in [1.807, 2.05) is 0 Å². The lowest BCUT2D eigenvalue weighted by atomic mass is 10.0. The molecule has 1 rings (SSSR count). The van der Waals surface area contributed by atoms with Gasteiger partial charge >= 0.3 is 0 Å². The fraction of sp³-hybridized carbons (Fsp3) is 0.300. The highest BCUT2D eigenvalue weighted by Gasteiger charge is 2.22. The van der Waals surface area contributed by atoms with Crippen molar-refractivity contribution in [1.29, 1.82) is 0 Å². The molecule has 2 atom stereocenters. The Bertz CT molecular complexity index is 460. The topological polar surface area (TPSA) is 106 Å². The summed E-state index contributed by atoms with van der Waals surface area (Å²) in [6.45, 7) is -0.386. The van der Waals surface area contributed by atoms with Crippen molar-refractivity contribution in [1.82, 2.24) is 0 Å². The zero-order valence-electron chi connectivity index (χ0n) is 8.69. The van der Waals surface area contributed by atoms with Crippen molar-refractivity contribution >= 4 is 6.29 Å². The molecule has 0 aliphatic rings. The molecule has 0 bridgehead atoms. The van der Waals surface area contributed by atoms with Crippen molar-refractivity contribution in [3.05, 3.63) is 45.6 Å². The highest BCUT2D eigenvalue weighted by molar-refractivity contribution is 5.75. The van der Waals surface area contributed by atoms with Gasteiger partial charge < -0.3 is 10.2 Å². The second-order valence-corrected chi connectivity index (χ2v) is 3.29. The number of hydrogen-bond donors (Lipinski definition) is 2. The molecule has 2 unspecified atom stereocenters. The molecule has 0 spiro atoms. The van der Waals surface area contributed by atoms with Gasteiger partial charge in [-0.2, -0.15) is 0 Å². The van der Waals surface area contributed by atoms with E-state index in [2.05, 4.69) is 10.0 Å². The first-order valence-electron chi connectivity index (χ1n) is 4.72. The Balaban J connectivity index is 2.99. The Morgan fingerprint density at radius 2 is 2.24 bits per heavy atom. The Hall–Kier alpha value is -1.95. The largest absolute Gasteiger partial charge is 0.390 e. The van der Waals surface area contributed by atoms with Crippen molar-refractivity contribution in [2.75, 3.05) is 6.54 Å². The van der Waals surface area contributed by atoms with Gasteiger partial charge in [-0.05, 0) is 11.6 Å². The second kappa shape index (κ2) is 5.95. The summed E-state index contributed by atoms with van der Waals surface area (Å²) in [4.78, 5) is 12.9.